The number of anilines is 1. The molecule has 1 aliphatic rings. The van der Waals surface area contributed by atoms with Crippen molar-refractivity contribution in [1.29, 1.82) is 0 Å². The Bertz CT molecular complexity index is 892. The van der Waals surface area contributed by atoms with Crippen LogP contribution in [0, 0.1) is 13.8 Å². The first-order valence-corrected chi connectivity index (χ1v) is 10.0. The first-order chi connectivity index (χ1) is 13.9. The van der Waals surface area contributed by atoms with Crippen LogP contribution in [0.25, 0.3) is 0 Å². The zero-order valence-corrected chi connectivity index (χ0v) is 17.6. The van der Waals surface area contributed by atoms with E-state index in [0.717, 1.165) is 17.5 Å². The summed E-state index contributed by atoms with van der Waals surface area (Å²) in [7, 11) is 0. The Labute approximate surface area is 175 Å². The minimum atomic E-state index is -0.764. The third kappa shape index (κ3) is 4.82. The van der Waals surface area contributed by atoms with Gasteiger partial charge in [0, 0.05) is 11.6 Å². The summed E-state index contributed by atoms with van der Waals surface area (Å²) in [4.78, 5) is 27.0. The molecule has 1 aliphatic heterocycles. The van der Waals surface area contributed by atoms with Crippen LogP contribution in [0.1, 0.15) is 24.5 Å². The van der Waals surface area contributed by atoms with Crippen molar-refractivity contribution < 1.29 is 19.1 Å². The van der Waals surface area contributed by atoms with Crippen molar-refractivity contribution in [3.05, 3.63) is 52.5 Å². The van der Waals surface area contributed by atoms with Gasteiger partial charge >= 0.3 is 0 Å². The highest BCUT2D eigenvalue weighted by Crippen LogP contribution is 2.33. The Morgan fingerprint density at radius 2 is 1.93 bits per heavy atom. The van der Waals surface area contributed by atoms with Crippen LogP contribution in [0.2, 0.25) is 5.02 Å². The molecular weight excluding hydrogens is 392 g/mol. The van der Waals surface area contributed by atoms with Crippen molar-refractivity contribution in [2.45, 2.75) is 33.3 Å². The quantitative estimate of drug-likeness (QED) is 0.780. The maximum Gasteiger partial charge on any atom is 0.265 e. The second-order valence-electron chi connectivity index (χ2n) is 7.03. The fourth-order valence-corrected chi connectivity index (χ4v) is 3.63. The lowest BCUT2D eigenvalue weighted by atomic mass is 10.1. The van der Waals surface area contributed by atoms with Crippen LogP contribution in [0.5, 0.6) is 11.5 Å². The zero-order chi connectivity index (χ0) is 21.0. The molecule has 0 unspecified atom stereocenters. The van der Waals surface area contributed by atoms with E-state index >= 15 is 0 Å². The first kappa shape index (κ1) is 21.0. The average Bonchev–Trinajstić information content (AvgIpc) is 2.70. The highest BCUT2D eigenvalue weighted by Gasteiger charge is 2.33. The highest BCUT2D eigenvalue weighted by molar-refractivity contribution is 6.30. The largest absolute Gasteiger partial charge is 0.483 e. The van der Waals surface area contributed by atoms with Crippen LogP contribution in [0.4, 0.5) is 5.69 Å². The summed E-state index contributed by atoms with van der Waals surface area (Å²) in [5.41, 5.74) is 2.36. The van der Waals surface area contributed by atoms with Crippen molar-refractivity contribution in [2.75, 3.05) is 24.6 Å². The first-order valence-electron chi connectivity index (χ1n) is 9.64. The van der Waals surface area contributed by atoms with Gasteiger partial charge in [-0.15, -0.1) is 0 Å². The lowest BCUT2D eigenvalue weighted by Gasteiger charge is -2.34. The van der Waals surface area contributed by atoms with E-state index in [2.05, 4.69) is 5.32 Å². The van der Waals surface area contributed by atoms with Gasteiger partial charge in [0.2, 0.25) is 0 Å². The minimum Gasteiger partial charge on any atom is -0.483 e. The Balaban J connectivity index is 1.77. The van der Waals surface area contributed by atoms with E-state index in [9.17, 15) is 9.59 Å². The summed E-state index contributed by atoms with van der Waals surface area (Å²) in [5, 5.41) is 3.45. The number of hydrogen-bond donors (Lipinski definition) is 1. The summed E-state index contributed by atoms with van der Waals surface area (Å²) in [5.74, 6) is 0.663. The van der Waals surface area contributed by atoms with Gasteiger partial charge in [0.05, 0.1) is 12.2 Å². The maximum absolute atomic E-state index is 13.0. The standard InChI is InChI=1S/C22H25ClN2O4/c1-4-9-24-22(27)19-12-25(17-7-5-6-8-18(17)29-19)20(26)13-28-21-14(2)10-16(23)11-15(21)3/h5-8,10-11,19H,4,9,12-13H2,1-3H3,(H,24,27)/t19-/m1/s1. The number of fused-ring (bicyclic) bond motifs is 1. The molecular formula is C22H25ClN2O4. The topological polar surface area (TPSA) is 67.9 Å². The lowest BCUT2D eigenvalue weighted by molar-refractivity contribution is -0.128. The number of aryl methyl sites for hydroxylation is 2. The number of nitrogens with zero attached hydrogens (tertiary/aromatic N) is 1. The molecule has 0 spiro atoms. The molecule has 1 N–H and O–H groups in total. The summed E-state index contributed by atoms with van der Waals surface area (Å²) in [6.07, 6.45) is 0.0603. The summed E-state index contributed by atoms with van der Waals surface area (Å²) in [6.45, 7) is 6.29. The third-order valence-corrected chi connectivity index (χ3v) is 4.90. The van der Waals surface area contributed by atoms with Gasteiger partial charge < -0.3 is 19.7 Å². The number of nitrogens with one attached hydrogen (secondary N) is 1. The maximum atomic E-state index is 13.0. The number of carbonyl (C=O) groups is 2. The fraction of sp³-hybridized carbons (Fsp3) is 0.364. The van der Waals surface area contributed by atoms with Crippen LogP contribution in [0.3, 0.4) is 0 Å². The Morgan fingerprint density at radius 3 is 2.62 bits per heavy atom. The molecule has 2 aromatic carbocycles. The molecule has 0 radical (unpaired) electrons. The molecule has 29 heavy (non-hydrogen) atoms. The van der Waals surface area contributed by atoms with Crippen LogP contribution < -0.4 is 19.7 Å². The molecule has 0 aromatic heterocycles. The number of ether oxygens (including phenoxy) is 2. The van der Waals surface area contributed by atoms with Gasteiger partial charge in [-0.2, -0.15) is 0 Å². The van der Waals surface area contributed by atoms with Crippen molar-refractivity contribution in [2.24, 2.45) is 0 Å². The van der Waals surface area contributed by atoms with Crippen LogP contribution in [-0.2, 0) is 9.59 Å². The predicted octanol–water partition coefficient (Wildman–Crippen LogP) is 3.66. The third-order valence-electron chi connectivity index (χ3n) is 4.68. The van der Waals surface area contributed by atoms with E-state index in [1.807, 2.05) is 32.9 Å². The van der Waals surface area contributed by atoms with E-state index < -0.39 is 6.10 Å². The summed E-state index contributed by atoms with van der Waals surface area (Å²) >= 11 is 6.06. The van der Waals surface area contributed by atoms with E-state index in [1.165, 1.54) is 0 Å². The molecule has 3 rings (SSSR count). The smallest absolute Gasteiger partial charge is 0.265 e. The van der Waals surface area contributed by atoms with Gasteiger partial charge in [-0.1, -0.05) is 30.7 Å². The van der Waals surface area contributed by atoms with Gasteiger partial charge in [0.15, 0.2) is 12.7 Å². The lowest BCUT2D eigenvalue weighted by Crippen LogP contribution is -2.51. The number of benzene rings is 2. The number of carbonyl (C=O) groups excluding carboxylic acids is 2. The molecule has 1 atom stereocenters. The number of halogens is 1. The van der Waals surface area contributed by atoms with Gasteiger partial charge in [-0.05, 0) is 55.7 Å². The van der Waals surface area contributed by atoms with Gasteiger partial charge in [-0.25, -0.2) is 0 Å². The summed E-state index contributed by atoms with van der Waals surface area (Å²) < 4.78 is 11.6. The highest BCUT2D eigenvalue weighted by atomic mass is 35.5. The number of para-hydroxylation sites is 2. The van der Waals surface area contributed by atoms with Crippen molar-refractivity contribution >= 4 is 29.1 Å². The van der Waals surface area contributed by atoms with E-state index in [4.69, 9.17) is 21.1 Å². The molecule has 2 aromatic rings. The second kappa shape index (κ2) is 9.18. The average molecular weight is 417 g/mol. The zero-order valence-electron chi connectivity index (χ0n) is 16.8. The number of amides is 2. The van der Waals surface area contributed by atoms with E-state index in [1.54, 1.807) is 29.2 Å². The molecule has 0 fully saturated rings. The Morgan fingerprint density at radius 1 is 1.24 bits per heavy atom. The molecule has 7 heteroatoms. The molecule has 6 nitrogen and oxygen atoms in total. The van der Waals surface area contributed by atoms with Crippen LogP contribution in [-0.4, -0.2) is 37.6 Å². The van der Waals surface area contributed by atoms with E-state index in [-0.39, 0.29) is 25.0 Å². The number of rotatable bonds is 6. The Hall–Kier alpha value is -2.73. The molecule has 154 valence electrons. The predicted molar refractivity (Wildman–Crippen MR) is 113 cm³/mol. The SMILES string of the molecule is CCCNC(=O)[C@H]1CN(C(=O)COc2c(C)cc(Cl)cc2C)c2ccccc2O1. The van der Waals surface area contributed by atoms with E-state index in [0.29, 0.717) is 28.8 Å². The molecule has 0 saturated carbocycles. The van der Waals surface area contributed by atoms with Crippen molar-refractivity contribution in [1.82, 2.24) is 5.32 Å². The molecule has 0 aliphatic carbocycles. The van der Waals surface area contributed by atoms with Gasteiger partial charge in [0.25, 0.3) is 11.8 Å². The van der Waals surface area contributed by atoms with Gasteiger partial charge in [-0.3, -0.25) is 9.59 Å². The molecule has 2 amide bonds. The van der Waals surface area contributed by atoms with Gasteiger partial charge in [0.1, 0.15) is 11.5 Å². The van der Waals surface area contributed by atoms with Crippen molar-refractivity contribution in [3.63, 3.8) is 0 Å². The molecule has 0 saturated heterocycles. The summed E-state index contributed by atoms with van der Waals surface area (Å²) in [6, 6.07) is 10.8. The molecule has 0 bridgehead atoms. The number of hydrogen-bond acceptors (Lipinski definition) is 4. The fourth-order valence-electron chi connectivity index (χ4n) is 3.31. The van der Waals surface area contributed by atoms with Crippen LogP contribution >= 0.6 is 11.6 Å². The Kier molecular flexibility index (Phi) is 6.64. The van der Waals surface area contributed by atoms with Crippen molar-refractivity contribution in [3.8, 4) is 11.5 Å². The monoisotopic (exact) mass is 416 g/mol. The second-order valence-corrected chi connectivity index (χ2v) is 7.46. The van der Waals surface area contributed by atoms with Crippen LogP contribution in [0.15, 0.2) is 36.4 Å². The molecule has 1 heterocycles. The normalized spacial score (nSPS) is 15.3. The minimum absolute atomic E-state index is 0.132.